The van der Waals surface area contributed by atoms with Gasteiger partial charge in [-0.3, -0.25) is 39.1 Å². The minimum Gasteiger partial charge on any atom is -0.507 e. The molecule has 7 rings (SSSR count). The third-order valence-electron chi connectivity index (χ3n) is 8.68. The average Bonchev–Trinajstić information content (AvgIpc) is 3.56. The highest BCUT2D eigenvalue weighted by molar-refractivity contribution is 9.10. The molecule has 12 heteroatoms. The third kappa shape index (κ3) is 4.22. The van der Waals surface area contributed by atoms with E-state index in [0.29, 0.717) is 10.2 Å². The topological polar surface area (TPSA) is 132 Å². The molecule has 0 aliphatic carbocycles. The highest BCUT2D eigenvalue weighted by Gasteiger charge is 2.72. The van der Waals surface area contributed by atoms with Gasteiger partial charge in [-0.1, -0.05) is 82.7 Å². The predicted octanol–water partition coefficient (Wildman–Crippen LogP) is 5.32. The molecule has 48 heavy (non-hydrogen) atoms. The molecule has 1 atom stereocenters. The number of anilines is 3. The van der Waals surface area contributed by atoms with E-state index in [9.17, 15) is 24.9 Å². The molecular weight excluding hydrogens is 676 g/mol. The number of benzene rings is 4. The number of aliphatic hydroxyl groups excluding tert-OH is 1. The number of para-hydroxylation sites is 3. The number of carbonyl (C=O) groups excluding carboxylic acids is 3. The smallest absolute Gasteiger partial charge is 0.302 e. The lowest BCUT2D eigenvalue weighted by atomic mass is 9.92. The van der Waals surface area contributed by atoms with E-state index in [1.807, 2.05) is 0 Å². The Hall–Kier alpha value is -6.01. The van der Waals surface area contributed by atoms with Gasteiger partial charge < -0.3 is 5.11 Å². The van der Waals surface area contributed by atoms with Crippen LogP contribution in [0.1, 0.15) is 11.3 Å². The third-order valence-corrected chi connectivity index (χ3v) is 9.20. The van der Waals surface area contributed by atoms with Gasteiger partial charge >= 0.3 is 5.91 Å². The van der Waals surface area contributed by atoms with Crippen LogP contribution in [0.3, 0.4) is 0 Å². The average molecular weight is 704 g/mol. The standard InChI is InChI=1S/C36H27BrN6O5/c1-22-29(32(46)43(39(22)2)27-16-10-5-11-17-27)42-33(47)31(45)28(30(44)23-18-20-24(37)21-19-23)36(42)34(48)40(25-12-6-3-7-13-25)35(38)41(36)26-14-8-4-9-15-26/h3-21,38,44H,1-2H3/b30-28-,38-35?. The van der Waals surface area contributed by atoms with Gasteiger partial charge in [0.15, 0.2) is 0 Å². The molecule has 1 spiro atoms. The molecule has 2 aliphatic rings. The molecule has 11 nitrogen and oxygen atoms in total. The first kappa shape index (κ1) is 30.6. The molecule has 1 unspecified atom stereocenters. The molecule has 2 N–H and O–H groups in total. The van der Waals surface area contributed by atoms with Crippen LogP contribution < -0.4 is 20.3 Å². The summed E-state index contributed by atoms with van der Waals surface area (Å²) in [5.74, 6) is -4.35. The highest BCUT2D eigenvalue weighted by atomic mass is 79.9. The second kappa shape index (κ2) is 11.4. The van der Waals surface area contributed by atoms with Crippen LogP contribution in [0, 0.1) is 12.3 Å². The van der Waals surface area contributed by atoms with E-state index in [1.54, 1.807) is 117 Å². The van der Waals surface area contributed by atoms with Gasteiger partial charge in [-0.15, -0.1) is 0 Å². The number of carbonyl (C=O) groups is 3. The Morgan fingerprint density at radius 3 is 1.81 bits per heavy atom. The fourth-order valence-corrected chi connectivity index (χ4v) is 6.71. The lowest BCUT2D eigenvalue weighted by Crippen LogP contribution is -2.62. The fourth-order valence-electron chi connectivity index (χ4n) is 6.44. The first-order valence-electron chi connectivity index (χ1n) is 14.9. The molecule has 1 aromatic heterocycles. The molecule has 2 fully saturated rings. The Morgan fingerprint density at radius 1 is 0.729 bits per heavy atom. The summed E-state index contributed by atoms with van der Waals surface area (Å²) in [7, 11) is 1.63. The Labute approximate surface area is 282 Å². The summed E-state index contributed by atoms with van der Waals surface area (Å²) in [5.41, 5.74) is -2.61. The van der Waals surface area contributed by atoms with Crippen LogP contribution in [0.15, 0.2) is 130 Å². The van der Waals surface area contributed by atoms with E-state index >= 15 is 4.79 Å². The van der Waals surface area contributed by atoms with Gasteiger partial charge in [0.05, 0.1) is 17.1 Å². The number of guanidine groups is 1. The minimum absolute atomic E-state index is 0.146. The maximum atomic E-state index is 15.3. The van der Waals surface area contributed by atoms with Crippen molar-refractivity contribution in [1.82, 2.24) is 9.36 Å². The largest absolute Gasteiger partial charge is 0.507 e. The number of Topliss-reactive ketones (excluding diaryl/α,β-unsaturated/α-hetero) is 1. The normalized spacial score (nSPS) is 18.9. The van der Waals surface area contributed by atoms with Crippen molar-refractivity contribution in [3.63, 3.8) is 0 Å². The van der Waals surface area contributed by atoms with Crippen LogP contribution in [-0.4, -0.2) is 43.7 Å². The number of halogens is 1. The van der Waals surface area contributed by atoms with Gasteiger partial charge in [-0.25, -0.2) is 9.58 Å². The molecule has 2 amide bonds. The van der Waals surface area contributed by atoms with Crippen LogP contribution in [0.2, 0.25) is 0 Å². The summed E-state index contributed by atoms with van der Waals surface area (Å²) < 4.78 is 3.55. The van der Waals surface area contributed by atoms with Crippen molar-refractivity contribution in [1.29, 1.82) is 5.41 Å². The van der Waals surface area contributed by atoms with Crippen molar-refractivity contribution in [3.8, 4) is 5.69 Å². The molecule has 0 bridgehead atoms. The molecule has 238 valence electrons. The van der Waals surface area contributed by atoms with Gasteiger partial charge in [0.2, 0.25) is 11.6 Å². The van der Waals surface area contributed by atoms with Crippen LogP contribution >= 0.6 is 15.9 Å². The van der Waals surface area contributed by atoms with E-state index in [-0.39, 0.29) is 28.3 Å². The quantitative estimate of drug-likeness (QED) is 0.145. The van der Waals surface area contributed by atoms with Crippen molar-refractivity contribution in [2.45, 2.75) is 12.6 Å². The maximum absolute atomic E-state index is 15.3. The number of aromatic nitrogens is 2. The van der Waals surface area contributed by atoms with Gasteiger partial charge in [-0.05, 0) is 55.5 Å². The van der Waals surface area contributed by atoms with Crippen LogP contribution in [0.25, 0.3) is 11.4 Å². The molecule has 0 saturated carbocycles. The van der Waals surface area contributed by atoms with E-state index in [0.717, 1.165) is 9.80 Å². The first-order valence-corrected chi connectivity index (χ1v) is 15.7. The number of amides is 2. The van der Waals surface area contributed by atoms with Crippen LogP contribution in [0.5, 0.6) is 0 Å². The van der Waals surface area contributed by atoms with Crippen molar-refractivity contribution >= 4 is 62.3 Å². The molecule has 3 heterocycles. The van der Waals surface area contributed by atoms with Gasteiger partial charge in [-0.2, -0.15) is 0 Å². The SMILES string of the molecule is Cc1c(N2C(=O)C(=O)/C(=C(/O)c3ccc(Br)cc3)C23C(=O)N(c2ccccc2)C(=N)N3c2ccccc2)c(=O)n(-c2ccccc2)n1C. The zero-order valence-electron chi connectivity index (χ0n) is 25.7. The van der Waals surface area contributed by atoms with Gasteiger partial charge in [0, 0.05) is 22.8 Å². The lowest BCUT2D eigenvalue weighted by Gasteiger charge is -2.39. The fraction of sp³-hybridized carbons (Fsp3) is 0.0833. The first-order chi connectivity index (χ1) is 23.1. The van der Waals surface area contributed by atoms with Gasteiger partial charge in [0.25, 0.3) is 17.2 Å². The predicted molar refractivity (Wildman–Crippen MR) is 185 cm³/mol. The molecular formula is C36H27BrN6O5. The zero-order valence-corrected chi connectivity index (χ0v) is 27.2. The summed E-state index contributed by atoms with van der Waals surface area (Å²) in [6.45, 7) is 1.60. The monoisotopic (exact) mass is 702 g/mol. The molecule has 4 aromatic carbocycles. The van der Waals surface area contributed by atoms with Gasteiger partial charge in [0.1, 0.15) is 17.0 Å². The summed E-state index contributed by atoms with van der Waals surface area (Å²) in [5, 5.41) is 21.5. The molecule has 5 aromatic rings. The molecule has 2 saturated heterocycles. The van der Waals surface area contributed by atoms with Crippen LogP contribution in [0.4, 0.5) is 17.1 Å². The second-order valence-corrected chi connectivity index (χ2v) is 12.2. The number of nitrogens with one attached hydrogen (secondary N) is 1. The summed E-state index contributed by atoms with van der Waals surface area (Å²) in [4.78, 5) is 61.9. The van der Waals surface area contributed by atoms with E-state index in [1.165, 1.54) is 26.4 Å². The molecule has 0 radical (unpaired) electrons. The Balaban J connectivity index is 1.63. The number of aliphatic hydroxyl groups is 1. The Morgan fingerprint density at radius 2 is 1.25 bits per heavy atom. The Kier molecular flexibility index (Phi) is 7.24. The van der Waals surface area contributed by atoms with Crippen molar-refractivity contribution in [2.75, 3.05) is 14.7 Å². The maximum Gasteiger partial charge on any atom is 0.302 e. The minimum atomic E-state index is -2.53. The van der Waals surface area contributed by atoms with Crippen molar-refractivity contribution in [2.24, 2.45) is 7.05 Å². The zero-order chi connectivity index (χ0) is 33.9. The number of rotatable bonds is 5. The van der Waals surface area contributed by atoms with E-state index in [2.05, 4.69) is 15.9 Å². The number of ketones is 1. The van der Waals surface area contributed by atoms with E-state index < -0.39 is 46.1 Å². The van der Waals surface area contributed by atoms with Crippen molar-refractivity contribution in [3.05, 3.63) is 147 Å². The summed E-state index contributed by atoms with van der Waals surface area (Å²) >= 11 is 3.37. The van der Waals surface area contributed by atoms with Crippen molar-refractivity contribution < 1.29 is 19.5 Å². The summed E-state index contributed by atoms with van der Waals surface area (Å²) in [6, 6.07) is 31.8. The number of hydrogen-bond acceptors (Lipinski definition) is 6. The molecule has 2 aliphatic heterocycles. The summed E-state index contributed by atoms with van der Waals surface area (Å²) in [6.07, 6.45) is 0. The number of nitrogens with zero attached hydrogens (tertiary/aromatic N) is 5. The second-order valence-electron chi connectivity index (χ2n) is 11.3. The highest BCUT2D eigenvalue weighted by Crippen LogP contribution is 2.50. The van der Waals surface area contributed by atoms with Crippen LogP contribution in [-0.2, 0) is 21.4 Å². The number of hydrogen-bond donors (Lipinski definition) is 2. The van der Waals surface area contributed by atoms with E-state index in [4.69, 9.17) is 0 Å². The lowest BCUT2D eigenvalue weighted by molar-refractivity contribution is -0.132. The Bertz CT molecular complexity index is 2230.